The summed E-state index contributed by atoms with van der Waals surface area (Å²) in [6, 6.07) is 20.0. The molecule has 0 atom stereocenters. The first-order valence-electron chi connectivity index (χ1n) is 9.38. The molecule has 2 heterocycles. The highest BCUT2D eigenvalue weighted by atomic mass is 16.5. The van der Waals surface area contributed by atoms with Gasteiger partial charge in [-0.15, -0.1) is 0 Å². The first-order chi connectivity index (χ1) is 14.6. The van der Waals surface area contributed by atoms with E-state index in [0.717, 1.165) is 21.4 Å². The largest absolute Gasteiger partial charge is 0.350 e. The van der Waals surface area contributed by atoms with Crippen molar-refractivity contribution in [2.24, 2.45) is 0 Å². The molecule has 0 unspecified atom stereocenters. The molecule has 4 rings (SSSR count). The minimum absolute atomic E-state index is 0.169. The van der Waals surface area contributed by atoms with Crippen LogP contribution in [0.5, 0.6) is 0 Å². The van der Waals surface area contributed by atoms with Crippen LogP contribution in [0.1, 0.15) is 11.1 Å². The number of nitrogens with one attached hydrogen (secondary N) is 1. The maximum absolute atomic E-state index is 12.3. The Kier molecular flexibility index (Phi) is 5.47. The van der Waals surface area contributed by atoms with Crippen LogP contribution in [0.3, 0.4) is 0 Å². The molecule has 2 aromatic carbocycles. The third-order valence-corrected chi connectivity index (χ3v) is 4.45. The van der Waals surface area contributed by atoms with Crippen molar-refractivity contribution in [1.29, 1.82) is 0 Å². The number of benzene rings is 2. The lowest BCUT2D eigenvalue weighted by Crippen LogP contribution is -2.33. The lowest BCUT2D eigenvalue weighted by molar-refractivity contribution is -0.122. The standard InChI is InChI=1S/C22H19N5O3/c1-15-7-9-16(10-8-15)13-23-19(28)14-27-20(29)12-11-18(25-27)22-24-21(26-30-22)17-5-3-2-4-6-17/h2-12H,13-14H2,1H3,(H,23,28). The van der Waals surface area contributed by atoms with Crippen LogP contribution in [-0.4, -0.2) is 25.8 Å². The predicted molar refractivity (Wildman–Crippen MR) is 110 cm³/mol. The number of nitrogens with zero attached hydrogens (tertiary/aromatic N) is 4. The summed E-state index contributed by atoms with van der Waals surface area (Å²) in [4.78, 5) is 28.7. The van der Waals surface area contributed by atoms with Crippen molar-refractivity contribution in [2.75, 3.05) is 0 Å². The van der Waals surface area contributed by atoms with E-state index in [4.69, 9.17) is 4.52 Å². The number of hydrogen-bond acceptors (Lipinski definition) is 6. The van der Waals surface area contributed by atoms with Crippen LogP contribution < -0.4 is 10.9 Å². The third kappa shape index (κ3) is 4.49. The summed E-state index contributed by atoms with van der Waals surface area (Å²) < 4.78 is 6.36. The molecule has 1 amide bonds. The normalized spacial score (nSPS) is 10.7. The molecule has 2 aromatic heterocycles. The molecule has 30 heavy (non-hydrogen) atoms. The molecule has 0 saturated carbocycles. The van der Waals surface area contributed by atoms with Crippen LogP contribution >= 0.6 is 0 Å². The smallest absolute Gasteiger partial charge is 0.278 e. The van der Waals surface area contributed by atoms with E-state index in [9.17, 15) is 9.59 Å². The van der Waals surface area contributed by atoms with Crippen molar-refractivity contribution >= 4 is 5.91 Å². The van der Waals surface area contributed by atoms with Gasteiger partial charge in [-0.3, -0.25) is 9.59 Å². The van der Waals surface area contributed by atoms with Gasteiger partial charge in [-0.25, -0.2) is 4.68 Å². The number of carbonyl (C=O) groups is 1. The summed E-state index contributed by atoms with van der Waals surface area (Å²) in [6.07, 6.45) is 0. The summed E-state index contributed by atoms with van der Waals surface area (Å²) in [5.41, 5.74) is 2.84. The van der Waals surface area contributed by atoms with Gasteiger partial charge in [-0.2, -0.15) is 10.1 Å². The minimum Gasteiger partial charge on any atom is -0.350 e. The topological polar surface area (TPSA) is 103 Å². The Morgan fingerprint density at radius 1 is 1.03 bits per heavy atom. The van der Waals surface area contributed by atoms with Crippen molar-refractivity contribution in [3.63, 3.8) is 0 Å². The van der Waals surface area contributed by atoms with E-state index >= 15 is 0 Å². The summed E-state index contributed by atoms with van der Waals surface area (Å²) >= 11 is 0. The van der Waals surface area contributed by atoms with Crippen molar-refractivity contribution in [3.05, 3.63) is 88.2 Å². The first kappa shape index (κ1) is 19.3. The summed E-state index contributed by atoms with van der Waals surface area (Å²) in [5, 5.41) is 10.9. The molecule has 1 N–H and O–H groups in total. The lowest BCUT2D eigenvalue weighted by Gasteiger charge is -2.07. The Bertz CT molecular complexity index is 1210. The predicted octanol–water partition coefficient (Wildman–Crippen LogP) is 2.59. The van der Waals surface area contributed by atoms with E-state index in [1.165, 1.54) is 12.1 Å². The quantitative estimate of drug-likeness (QED) is 0.533. The fourth-order valence-electron chi connectivity index (χ4n) is 2.81. The summed E-state index contributed by atoms with van der Waals surface area (Å²) in [7, 11) is 0. The second-order valence-corrected chi connectivity index (χ2v) is 6.77. The number of carbonyl (C=O) groups excluding carboxylic acids is 1. The van der Waals surface area contributed by atoms with Crippen LogP contribution in [0.25, 0.3) is 23.0 Å². The number of aryl methyl sites for hydroxylation is 1. The van der Waals surface area contributed by atoms with Gasteiger partial charge in [0.15, 0.2) is 0 Å². The molecule has 0 aliphatic heterocycles. The molecule has 4 aromatic rings. The first-order valence-corrected chi connectivity index (χ1v) is 9.38. The van der Waals surface area contributed by atoms with E-state index in [0.29, 0.717) is 18.1 Å². The van der Waals surface area contributed by atoms with Gasteiger partial charge in [0, 0.05) is 18.2 Å². The lowest BCUT2D eigenvalue weighted by atomic mass is 10.1. The molecular weight excluding hydrogens is 382 g/mol. The molecule has 150 valence electrons. The Morgan fingerprint density at radius 3 is 2.57 bits per heavy atom. The van der Waals surface area contributed by atoms with Gasteiger partial charge in [-0.1, -0.05) is 65.3 Å². The molecular formula is C22H19N5O3. The van der Waals surface area contributed by atoms with Crippen LogP contribution in [0.15, 0.2) is 76.0 Å². The van der Waals surface area contributed by atoms with Crippen LogP contribution in [0.2, 0.25) is 0 Å². The molecule has 0 saturated heterocycles. The highest BCUT2D eigenvalue weighted by Crippen LogP contribution is 2.19. The minimum atomic E-state index is -0.396. The fourth-order valence-corrected chi connectivity index (χ4v) is 2.81. The van der Waals surface area contributed by atoms with E-state index < -0.39 is 5.56 Å². The zero-order chi connectivity index (χ0) is 20.9. The van der Waals surface area contributed by atoms with Crippen molar-refractivity contribution < 1.29 is 9.32 Å². The van der Waals surface area contributed by atoms with Gasteiger partial charge >= 0.3 is 0 Å². The van der Waals surface area contributed by atoms with E-state index in [2.05, 4.69) is 20.6 Å². The Morgan fingerprint density at radius 2 is 1.80 bits per heavy atom. The van der Waals surface area contributed by atoms with Crippen molar-refractivity contribution in [1.82, 2.24) is 25.2 Å². The third-order valence-electron chi connectivity index (χ3n) is 4.45. The van der Waals surface area contributed by atoms with Gasteiger partial charge in [0.1, 0.15) is 12.2 Å². The second kappa shape index (κ2) is 8.52. The molecule has 8 heteroatoms. The number of aromatic nitrogens is 4. The number of hydrogen-bond donors (Lipinski definition) is 1. The Balaban J connectivity index is 1.47. The molecule has 0 fully saturated rings. The highest BCUT2D eigenvalue weighted by molar-refractivity contribution is 5.75. The van der Waals surface area contributed by atoms with Gasteiger partial charge < -0.3 is 9.84 Å². The average molecular weight is 401 g/mol. The van der Waals surface area contributed by atoms with Crippen molar-refractivity contribution in [3.8, 4) is 23.0 Å². The molecule has 0 aliphatic rings. The van der Waals surface area contributed by atoms with Crippen LogP contribution in [-0.2, 0) is 17.9 Å². The summed E-state index contributed by atoms with van der Waals surface area (Å²) in [6.45, 7) is 2.16. The zero-order valence-corrected chi connectivity index (χ0v) is 16.3. The fraction of sp³-hybridized carbons (Fsp3) is 0.136. The number of rotatable bonds is 6. The van der Waals surface area contributed by atoms with E-state index in [1.807, 2.05) is 61.5 Å². The molecule has 0 radical (unpaired) electrons. The maximum atomic E-state index is 12.3. The maximum Gasteiger partial charge on any atom is 0.278 e. The molecule has 0 spiro atoms. The summed E-state index contributed by atoms with van der Waals surface area (Å²) in [5.74, 6) is 0.265. The molecule has 0 aliphatic carbocycles. The van der Waals surface area contributed by atoms with Crippen molar-refractivity contribution in [2.45, 2.75) is 20.0 Å². The van der Waals surface area contributed by atoms with E-state index in [-0.39, 0.29) is 18.3 Å². The van der Waals surface area contributed by atoms with Gasteiger partial charge in [0.05, 0.1) is 0 Å². The van der Waals surface area contributed by atoms with Gasteiger partial charge in [-0.05, 0) is 18.6 Å². The zero-order valence-electron chi connectivity index (χ0n) is 16.3. The Labute approximate surface area is 172 Å². The number of amides is 1. The van der Waals surface area contributed by atoms with Crippen LogP contribution in [0, 0.1) is 6.92 Å². The van der Waals surface area contributed by atoms with E-state index in [1.54, 1.807) is 0 Å². The molecule has 0 bridgehead atoms. The highest BCUT2D eigenvalue weighted by Gasteiger charge is 2.14. The molecule has 8 nitrogen and oxygen atoms in total. The second-order valence-electron chi connectivity index (χ2n) is 6.77. The van der Waals surface area contributed by atoms with Gasteiger partial charge in [0.25, 0.3) is 11.4 Å². The van der Waals surface area contributed by atoms with Gasteiger partial charge in [0.2, 0.25) is 11.7 Å². The monoisotopic (exact) mass is 401 g/mol. The van der Waals surface area contributed by atoms with Crippen LogP contribution in [0.4, 0.5) is 0 Å². The SMILES string of the molecule is Cc1ccc(CNC(=O)Cn2nc(-c3nc(-c4ccccc4)no3)ccc2=O)cc1. The average Bonchev–Trinajstić information content (AvgIpc) is 3.26. The Hall–Kier alpha value is -4.07.